The summed E-state index contributed by atoms with van der Waals surface area (Å²) in [5.74, 6) is 4.56. The largest absolute Gasteiger partial charge is 0.468 e. The van der Waals surface area contributed by atoms with Gasteiger partial charge in [0.15, 0.2) is 0 Å². The van der Waals surface area contributed by atoms with Gasteiger partial charge in [0.1, 0.15) is 5.76 Å². The van der Waals surface area contributed by atoms with Gasteiger partial charge < -0.3 is 4.74 Å². The standard InChI is InChI=1S/C29H53NO/c1-6-13-25(2)16-9-17-26(3)14-7-8-15-27(4)18-10-19-28(5)20-11-21-29-24-30-22-12-23-31-29/h12,22-28H,6-11,13-21H2,1-5H3. The van der Waals surface area contributed by atoms with Crippen LogP contribution in [0.5, 0.6) is 0 Å². The van der Waals surface area contributed by atoms with Crippen LogP contribution >= 0.6 is 0 Å². The third-order valence-electron chi connectivity index (χ3n) is 7.02. The quantitative estimate of drug-likeness (QED) is 0.186. The fourth-order valence-corrected chi connectivity index (χ4v) is 4.80. The lowest BCUT2D eigenvalue weighted by Gasteiger charge is -2.16. The van der Waals surface area contributed by atoms with E-state index in [1.165, 1.54) is 89.9 Å². The Morgan fingerprint density at radius 2 is 1.16 bits per heavy atom. The molecule has 0 fully saturated rings. The fourth-order valence-electron chi connectivity index (χ4n) is 4.80. The highest BCUT2D eigenvalue weighted by molar-refractivity contribution is 5.71. The average molecular weight is 432 g/mol. The summed E-state index contributed by atoms with van der Waals surface area (Å²) in [5.41, 5.74) is 0. The van der Waals surface area contributed by atoms with E-state index in [1.807, 2.05) is 12.3 Å². The first-order valence-corrected chi connectivity index (χ1v) is 13.5. The van der Waals surface area contributed by atoms with Gasteiger partial charge in [-0.3, -0.25) is 4.99 Å². The number of hydrogen-bond donors (Lipinski definition) is 0. The molecule has 1 aliphatic heterocycles. The number of unbranched alkanes of at least 4 members (excludes halogenated alkanes) is 1. The summed E-state index contributed by atoms with van der Waals surface area (Å²) in [6.07, 6.45) is 27.6. The van der Waals surface area contributed by atoms with Crippen molar-refractivity contribution in [2.45, 2.75) is 131 Å². The molecule has 0 bridgehead atoms. The van der Waals surface area contributed by atoms with Gasteiger partial charge in [-0.05, 0) is 36.2 Å². The van der Waals surface area contributed by atoms with Crippen LogP contribution in [-0.2, 0) is 4.74 Å². The zero-order chi connectivity index (χ0) is 22.7. The van der Waals surface area contributed by atoms with Crippen LogP contribution < -0.4 is 0 Å². The lowest BCUT2D eigenvalue weighted by Crippen LogP contribution is -2.01. The first kappa shape index (κ1) is 28.0. The smallest absolute Gasteiger partial charge is 0.121 e. The van der Waals surface area contributed by atoms with Gasteiger partial charge in [0.05, 0.1) is 12.5 Å². The van der Waals surface area contributed by atoms with Crippen LogP contribution in [0.1, 0.15) is 131 Å². The lowest BCUT2D eigenvalue weighted by atomic mass is 9.90. The molecule has 0 spiro atoms. The Balaban J connectivity index is 1.95. The maximum absolute atomic E-state index is 5.55. The summed E-state index contributed by atoms with van der Waals surface area (Å²) in [6, 6.07) is 0. The van der Waals surface area contributed by atoms with Crippen molar-refractivity contribution in [3.05, 3.63) is 24.3 Å². The van der Waals surface area contributed by atoms with Crippen LogP contribution in [-0.4, -0.2) is 6.21 Å². The van der Waals surface area contributed by atoms with E-state index in [0.29, 0.717) is 0 Å². The molecule has 180 valence electrons. The SMILES string of the molecule is CCCC(C)CCCC(C)CCCCC(C)CCCC(C)CCCC1=CN=CC=CO1. The highest BCUT2D eigenvalue weighted by Crippen LogP contribution is 2.24. The van der Waals surface area contributed by atoms with E-state index in [4.69, 9.17) is 4.74 Å². The lowest BCUT2D eigenvalue weighted by molar-refractivity contribution is 0.321. The Morgan fingerprint density at radius 3 is 1.71 bits per heavy atom. The second kappa shape index (κ2) is 18.5. The molecule has 31 heavy (non-hydrogen) atoms. The Hall–Kier alpha value is -1.05. The third-order valence-corrected chi connectivity index (χ3v) is 7.02. The summed E-state index contributed by atoms with van der Waals surface area (Å²) in [4.78, 5) is 4.19. The van der Waals surface area contributed by atoms with E-state index >= 15 is 0 Å². The Labute approximate surface area is 195 Å². The maximum Gasteiger partial charge on any atom is 0.121 e. The molecular weight excluding hydrogens is 378 g/mol. The van der Waals surface area contributed by atoms with E-state index in [0.717, 1.165) is 35.9 Å². The van der Waals surface area contributed by atoms with E-state index in [1.54, 1.807) is 12.5 Å². The Morgan fingerprint density at radius 1 is 0.677 bits per heavy atom. The zero-order valence-electron chi connectivity index (χ0n) is 21.6. The van der Waals surface area contributed by atoms with Gasteiger partial charge in [-0.15, -0.1) is 0 Å². The van der Waals surface area contributed by atoms with E-state index in [-0.39, 0.29) is 0 Å². The van der Waals surface area contributed by atoms with E-state index in [9.17, 15) is 0 Å². The molecule has 1 aliphatic rings. The van der Waals surface area contributed by atoms with Crippen LogP contribution in [0, 0.1) is 23.7 Å². The van der Waals surface area contributed by atoms with Gasteiger partial charge >= 0.3 is 0 Å². The van der Waals surface area contributed by atoms with Crippen LogP contribution in [0.3, 0.4) is 0 Å². The average Bonchev–Trinajstić information content (AvgIpc) is 3.00. The molecule has 0 aromatic rings. The zero-order valence-corrected chi connectivity index (χ0v) is 21.6. The molecule has 4 unspecified atom stereocenters. The summed E-state index contributed by atoms with van der Waals surface area (Å²) in [6.45, 7) is 12.1. The molecular formula is C29H53NO. The monoisotopic (exact) mass is 431 g/mol. The topological polar surface area (TPSA) is 21.6 Å². The molecule has 0 amide bonds. The van der Waals surface area contributed by atoms with Crippen molar-refractivity contribution in [2.75, 3.05) is 0 Å². The van der Waals surface area contributed by atoms with Gasteiger partial charge in [0.2, 0.25) is 0 Å². The number of hydrogen-bond acceptors (Lipinski definition) is 2. The molecule has 0 saturated carbocycles. The summed E-state index contributed by atoms with van der Waals surface area (Å²) >= 11 is 0. The first-order valence-electron chi connectivity index (χ1n) is 13.5. The molecule has 0 aliphatic carbocycles. The van der Waals surface area contributed by atoms with Crippen LogP contribution in [0.15, 0.2) is 29.3 Å². The van der Waals surface area contributed by atoms with Crippen molar-refractivity contribution in [2.24, 2.45) is 28.7 Å². The number of allylic oxidation sites excluding steroid dienone is 2. The minimum absolute atomic E-state index is 0.818. The molecule has 0 N–H and O–H groups in total. The predicted molar refractivity (Wildman–Crippen MR) is 138 cm³/mol. The molecule has 0 aromatic heterocycles. The predicted octanol–water partition coefficient (Wildman–Crippen LogP) is 9.86. The molecule has 0 radical (unpaired) electrons. The number of aliphatic imine (C=N–C) groups is 1. The van der Waals surface area contributed by atoms with Crippen molar-refractivity contribution in [1.29, 1.82) is 0 Å². The summed E-state index contributed by atoms with van der Waals surface area (Å²) < 4.78 is 5.55. The maximum atomic E-state index is 5.55. The molecule has 2 nitrogen and oxygen atoms in total. The molecule has 2 heteroatoms. The van der Waals surface area contributed by atoms with Gasteiger partial charge in [-0.1, -0.05) is 118 Å². The van der Waals surface area contributed by atoms with Crippen LogP contribution in [0.25, 0.3) is 0 Å². The first-order chi connectivity index (χ1) is 15.0. The number of nitrogens with zero attached hydrogens (tertiary/aromatic N) is 1. The minimum Gasteiger partial charge on any atom is -0.468 e. The van der Waals surface area contributed by atoms with Gasteiger partial charge in [0.25, 0.3) is 0 Å². The molecule has 1 heterocycles. The van der Waals surface area contributed by atoms with Gasteiger partial charge in [-0.2, -0.15) is 0 Å². The van der Waals surface area contributed by atoms with E-state index < -0.39 is 0 Å². The van der Waals surface area contributed by atoms with Crippen molar-refractivity contribution >= 4 is 6.21 Å². The number of ether oxygens (including phenoxy) is 1. The van der Waals surface area contributed by atoms with Crippen molar-refractivity contribution in [3.63, 3.8) is 0 Å². The highest BCUT2D eigenvalue weighted by atomic mass is 16.5. The van der Waals surface area contributed by atoms with Gasteiger partial charge in [0, 0.05) is 12.6 Å². The van der Waals surface area contributed by atoms with Crippen LogP contribution in [0.2, 0.25) is 0 Å². The number of rotatable bonds is 19. The van der Waals surface area contributed by atoms with Gasteiger partial charge in [-0.25, -0.2) is 0 Å². The molecule has 0 saturated heterocycles. The van der Waals surface area contributed by atoms with Crippen molar-refractivity contribution in [1.82, 2.24) is 0 Å². The van der Waals surface area contributed by atoms with E-state index in [2.05, 4.69) is 39.6 Å². The normalized spacial score (nSPS) is 17.5. The molecule has 0 aromatic carbocycles. The highest BCUT2D eigenvalue weighted by Gasteiger charge is 2.09. The van der Waals surface area contributed by atoms with Crippen LogP contribution in [0.4, 0.5) is 0 Å². The summed E-state index contributed by atoms with van der Waals surface area (Å²) in [7, 11) is 0. The fraction of sp³-hybridized carbons (Fsp3) is 0.828. The second-order valence-corrected chi connectivity index (χ2v) is 10.6. The minimum atomic E-state index is 0.818. The summed E-state index contributed by atoms with van der Waals surface area (Å²) in [5, 5.41) is 0. The molecule has 4 atom stereocenters. The Kier molecular flexibility index (Phi) is 16.7. The third kappa shape index (κ3) is 16.3. The van der Waals surface area contributed by atoms with Crippen molar-refractivity contribution < 1.29 is 4.74 Å². The van der Waals surface area contributed by atoms with Crippen molar-refractivity contribution in [3.8, 4) is 0 Å². The molecule has 1 rings (SSSR count). The Bertz CT molecular complexity index is 507. The second-order valence-electron chi connectivity index (χ2n) is 10.6.